The van der Waals surface area contributed by atoms with E-state index in [2.05, 4.69) is 19.9 Å². The number of hydrogen-bond acceptors (Lipinski definition) is 6. The molecule has 8 atom stereocenters. The van der Waals surface area contributed by atoms with Crippen LogP contribution in [0.1, 0.15) is 85.5 Å². The third-order valence-corrected chi connectivity index (χ3v) is 11.2. The normalized spacial score (nSPS) is 47.2. The summed E-state index contributed by atoms with van der Waals surface area (Å²) < 4.78 is 11.6. The Balaban J connectivity index is 1.51. The van der Waals surface area contributed by atoms with E-state index >= 15 is 0 Å². The van der Waals surface area contributed by atoms with Gasteiger partial charge in [-0.1, -0.05) is 31.2 Å². The molecule has 0 unspecified atom stereocenters. The van der Waals surface area contributed by atoms with Gasteiger partial charge in [-0.3, -0.25) is 14.4 Å². The van der Waals surface area contributed by atoms with Crippen molar-refractivity contribution in [2.45, 2.75) is 102 Å². The van der Waals surface area contributed by atoms with E-state index < -0.39 is 0 Å². The molecule has 5 rings (SSSR count). The summed E-state index contributed by atoms with van der Waals surface area (Å²) in [6.45, 7) is 7.95. The Morgan fingerprint density at radius 3 is 2.47 bits per heavy atom. The number of carbonyl (C=O) groups is 3. The lowest BCUT2D eigenvalue weighted by molar-refractivity contribution is -0.167. The zero-order chi connectivity index (χ0) is 22.9. The van der Waals surface area contributed by atoms with Crippen molar-refractivity contribution in [3.63, 3.8) is 0 Å². The zero-order valence-electron chi connectivity index (χ0n) is 19.8. The second kappa shape index (κ2) is 7.61. The Labute approximate surface area is 195 Å². The van der Waals surface area contributed by atoms with Crippen molar-refractivity contribution >= 4 is 28.8 Å². The van der Waals surface area contributed by atoms with Crippen LogP contribution in [-0.2, 0) is 23.9 Å². The highest BCUT2D eigenvalue weighted by molar-refractivity contribution is 8.14. The molecule has 1 aliphatic heterocycles. The van der Waals surface area contributed by atoms with Crippen LogP contribution in [0.15, 0.2) is 11.6 Å². The summed E-state index contributed by atoms with van der Waals surface area (Å²) in [5.41, 5.74) is 1.19. The van der Waals surface area contributed by atoms with Crippen LogP contribution < -0.4 is 0 Å². The molecule has 5 nitrogen and oxygen atoms in total. The Kier molecular flexibility index (Phi) is 5.35. The largest absolute Gasteiger partial charge is 0.458 e. The van der Waals surface area contributed by atoms with Gasteiger partial charge in [0.25, 0.3) is 0 Å². The SMILES string of the molecule is CC(=O)O[C@@H]1C=C2C[C@@H](SC(C)=O)[C@H]3[C@@H](CC[C@@]4(C)[C@H]3CC[C@@]43CCC(=O)O3)[C@@]2(C)CC1. The first-order valence-electron chi connectivity index (χ1n) is 12.4. The Bertz CT molecular complexity index is 881. The summed E-state index contributed by atoms with van der Waals surface area (Å²) >= 11 is 1.51. The van der Waals surface area contributed by atoms with Crippen LogP contribution in [0.3, 0.4) is 0 Å². The van der Waals surface area contributed by atoms with Gasteiger partial charge in [0.05, 0.1) is 0 Å². The van der Waals surface area contributed by atoms with Crippen molar-refractivity contribution in [1.82, 2.24) is 0 Å². The van der Waals surface area contributed by atoms with E-state index in [1.54, 1.807) is 6.92 Å². The second-order valence-electron chi connectivity index (χ2n) is 11.4. The highest BCUT2D eigenvalue weighted by atomic mass is 32.2. The van der Waals surface area contributed by atoms with Crippen molar-refractivity contribution in [2.75, 3.05) is 0 Å². The summed E-state index contributed by atoms with van der Waals surface area (Å²) in [6, 6.07) is 0. The van der Waals surface area contributed by atoms with Crippen molar-refractivity contribution in [1.29, 1.82) is 0 Å². The molecule has 3 saturated carbocycles. The minimum atomic E-state index is -0.296. The van der Waals surface area contributed by atoms with Gasteiger partial charge in [0.15, 0.2) is 5.12 Å². The summed E-state index contributed by atoms with van der Waals surface area (Å²) in [6.07, 6.45) is 10.5. The highest BCUT2D eigenvalue weighted by Gasteiger charge is 2.68. The topological polar surface area (TPSA) is 69.7 Å². The fourth-order valence-corrected chi connectivity index (χ4v) is 9.80. The first-order valence-corrected chi connectivity index (χ1v) is 13.2. The van der Waals surface area contributed by atoms with E-state index in [9.17, 15) is 14.4 Å². The summed E-state index contributed by atoms with van der Waals surface area (Å²) in [5.74, 6) is 1.19. The Morgan fingerprint density at radius 2 is 1.81 bits per heavy atom. The van der Waals surface area contributed by atoms with E-state index in [0.717, 1.165) is 51.4 Å². The number of carbonyl (C=O) groups excluding carboxylic acids is 3. The third kappa shape index (κ3) is 3.22. The standard InChI is InChI=1S/C26H36O5S/c1-15(27)30-18-5-9-24(3)17(13-18)14-21(32-16(2)28)23-19(24)6-10-25(4)20(23)7-11-26(25)12-8-22(29)31-26/h13,18-21,23H,5-12,14H2,1-4H3/t18-,19+,20-,21+,23-,24-,25-,26+/m0/s1. The molecule has 0 aromatic rings. The number of rotatable bonds is 2. The van der Waals surface area contributed by atoms with Gasteiger partial charge in [-0.2, -0.15) is 0 Å². The van der Waals surface area contributed by atoms with Gasteiger partial charge in [0.2, 0.25) is 0 Å². The monoisotopic (exact) mass is 460 g/mol. The van der Waals surface area contributed by atoms with Crippen LogP contribution in [0.4, 0.5) is 0 Å². The Morgan fingerprint density at radius 1 is 1.06 bits per heavy atom. The highest BCUT2D eigenvalue weighted by Crippen LogP contribution is 2.70. The number of allylic oxidation sites excluding steroid dienone is 1. The predicted molar refractivity (Wildman–Crippen MR) is 123 cm³/mol. The fourth-order valence-electron chi connectivity index (χ4n) is 8.57. The lowest BCUT2D eigenvalue weighted by Gasteiger charge is -2.61. The molecular weight excluding hydrogens is 424 g/mol. The van der Waals surface area contributed by atoms with Crippen molar-refractivity contribution in [2.24, 2.45) is 28.6 Å². The van der Waals surface area contributed by atoms with Gasteiger partial charge in [-0.15, -0.1) is 0 Å². The lowest BCUT2D eigenvalue weighted by Crippen LogP contribution is -2.58. The molecular formula is C26H36O5S. The lowest BCUT2D eigenvalue weighted by atomic mass is 9.46. The van der Waals surface area contributed by atoms with Crippen molar-refractivity contribution < 1.29 is 23.9 Å². The molecule has 0 radical (unpaired) electrons. The smallest absolute Gasteiger partial charge is 0.306 e. The maximum Gasteiger partial charge on any atom is 0.306 e. The minimum absolute atomic E-state index is 0.00243. The molecule has 0 aromatic carbocycles. The van der Waals surface area contributed by atoms with E-state index in [0.29, 0.717) is 24.2 Å². The van der Waals surface area contributed by atoms with E-state index in [1.807, 2.05) is 0 Å². The van der Waals surface area contributed by atoms with Gasteiger partial charge in [0, 0.05) is 30.9 Å². The second-order valence-corrected chi connectivity index (χ2v) is 12.8. The quantitative estimate of drug-likeness (QED) is 0.416. The number of esters is 2. The van der Waals surface area contributed by atoms with Crippen LogP contribution in [-0.4, -0.2) is 34.0 Å². The number of fused-ring (bicyclic) bond motifs is 6. The predicted octanol–water partition coefficient (Wildman–Crippen LogP) is 5.21. The number of ether oxygens (including phenoxy) is 2. The van der Waals surface area contributed by atoms with Crippen molar-refractivity contribution in [3.05, 3.63) is 11.6 Å². The molecule has 0 aromatic heterocycles. The zero-order valence-corrected chi connectivity index (χ0v) is 20.6. The average molecular weight is 461 g/mol. The van der Waals surface area contributed by atoms with Crippen LogP contribution in [0.25, 0.3) is 0 Å². The maximum atomic E-state index is 12.3. The van der Waals surface area contributed by atoms with E-state index in [-0.39, 0.29) is 44.8 Å². The van der Waals surface area contributed by atoms with Gasteiger partial charge < -0.3 is 9.47 Å². The van der Waals surface area contributed by atoms with Gasteiger partial charge >= 0.3 is 11.9 Å². The summed E-state index contributed by atoms with van der Waals surface area (Å²) in [4.78, 5) is 36.0. The molecule has 4 fully saturated rings. The van der Waals surface area contributed by atoms with Gasteiger partial charge in [-0.05, 0) is 80.6 Å². The third-order valence-electron chi connectivity index (χ3n) is 10.0. The van der Waals surface area contributed by atoms with Crippen LogP contribution in [0.2, 0.25) is 0 Å². The molecule has 6 heteroatoms. The summed E-state index contributed by atoms with van der Waals surface area (Å²) in [7, 11) is 0. The van der Waals surface area contributed by atoms with Crippen LogP contribution in [0, 0.1) is 28.6 Å². The average Bonchev–Trinajstić information content (AvgIpc) is 3.22. The Hall–Kier alpha value is -1.30. The molecule has 1 spiro atoms. The summed E-state index contributed by atoms with van der Waals surface area (Å²) in [5, 5.41) is 0.419. The number of thioether (sulfide) groups is 1. The van der Waals surface area contributed by atoms with Crippen LogP contribution in [0.5, 0.6) is 0 Å². The van der Waals surface area contributed by atoms with Gasteiger partial charge in [0.1, 0.15) is 11.7 Å². The first-order chi connectivity index (χ1) is 15.1. The fraction of sp³-hybridized carbons (Fsp3) is 0.808. The molecule has 176 valence electrons. The van der Waals surface area contributed by atoms with Gasteiger partial charge in [-0.25, -0.2) is 0 Å². The molecule has 32 heavy (non-hydrogen) atoms. The van der Waals surface area contributed by atoms with E-state index in [4.69, 9.17) is 9.47 Å². The molecule has 1 heterocycles. The molecule has 0 amide bonds. The molecule has 0 N–H and O–H groups in total. The molecule has 5 aliphatic rings. The van der Waals surface area contributed by atoms with Crippen molar-refractivity contribution in [3.8, 4) is 0 Å². The molecule has 4 aliphatic carbocycles. The van der Waals surface area contributed by atoms with E-state index in [1.165, 1.54) is 24.3 Å². The maximum absolute atomic E-state index is 12.3. The molecule has 1 saturated heterocycles. The minimum Gasteiger partial charge on any atom is -0.458 e. The first kappa shape index (κ1) is 22.5. The molecule has 0 bridgehead atoms. The number of hydrogen-bond donors (Lipinski definition) is 0. The van der Waals surface area contributed by atoms with Crippen LogP contribution >= 0.6 is 11.8 Å².